The van der Waals surface area contributed by atoms with E-state index in [-0.39, 0.29) is 17.2 Å². The molecule has 0 radical (unpaired) electrons. The number of pyridine rings is 2. The molecule has 30 heavy (non-hydrogen) atoms. The maximum Gasteiger partial charge on any atom is 0.272 e. The summed E-state index contributed by atoms with van der Waals surface area (Å²) in [5, 5.41) is 0. The number of thiophene rings is 1. The summed E-state index contributed by atoms with van der Waals surface area (Å²) in [5.74, 6) is -0.114. The first-order valence-electron chi connectivity index (χ1n) is 9.95. The molecule has 2 N–H and O–H groups in total. The molecule has 0 aromatic carbocycles. The van der Waals surface area contributed by atoms with E-state index in [1.165, 1.54) is 22.6 Å². The summed E-state index contributed by atoms with van der Waals surface area (Å²) >= 11 is 1.75. The van der Waals surface area contributed by atoms with Gasteiger partial charge in [-0.1, -0.05) is 6.07 Å². The Morgan fingerprint density at radius 2 is 2.07 bits per heavy atom. The molecule has 6 nitrogen and oxygen atoms in total. The van der Waals surface area contributed by atoms with E-state index in [4.69, 9.17) is 10.5 Å². The van der Waals surface area contributed by atoms with Gasteiger partial charge in [0.2, 0.25) is 0 Å². The van der Waals surface area contributed by atoms with E-state index in [1.54, 1.807) is 22.3 Å². The second-order valence-corrected chi connectivity index (χ2v) is 8.78. The van der Waals surface area contributed by atoms with Crippen molar-refractivity contribution in [3.8, 4) is 10.6 Å². The van der Waals surface area contributed by atoms with E-state index in [0.29, 0.717) is 38.4 Å². The molecule has 0 atom stereocenters. The van der Waals surface area contributed by atoms with E-state index in [0.717, 1.165) is 23.2 Å². The number of piperidine rings is 1. The highest BCUT2D eigenvalue weighted by Crippen LogP contribution is 2.46. The van der Waals surface area contributed by atoms with Gasteiger partial charge in [-0.2, -0.15) is 0 Å². The lowest BCUT2D eigenvalue weighted by atomic mass is 9.82. The molecule has 1 spiro atoms. The standard InChI is InChI=1S/C22H21FN4O2S/c23-14-4-5-17(25-13-14)21(28)27-9-7-22(8-10-27)15-12-19(30-18(15)6-11-29-22)16-2-1-3-20(24)26-16/h1-5,12-13H,6-11H2,(H2,24,26). The van der Waals surface area contributed by atoms with E-state index < -0.39 is 5.82 Å². The molecule has 1 fully saturated rings. The SMILES string of the molecule is Nc1cccc(-c2cc3c(s2)CCOC32CCN(C(=O)c3ccc(F)cn3)CC2)n1. The van der Waals surface area contributed by atoms with Crippen LogP contribution in [0.5, 0.6) is 0 Å². The monoisotopic (exact) mass is 424 g/mol. The fourth-order valence-electron chi connectivity index (χ4n) is 4.28. The number of nitrogen functional groups attached to an aromatic ring is 1. The molecule has 0 saturated carbocycles. The molecule has 0 unspecified atom stereocenters. The summed E-state index contributed by atoms with van der Waals surface area (Å²) in [5.41, 5.74) is 7.83. The minimum Gasteiger partial charge on any atom is -0.384 e. The van der Waals surface area contributed by atoms with Crippen LogP contribution < -0.4 is 5.73 Å². The summed E-state index contributed by atoms with van der Waals surface area (Å²) in [4.78, 5) is 25.3. The molecule has 2 aliphatic heterocycles. The second kappa shape index (κ2) is 7.45. The zero-order chi connectivity index (χ0) is 20.7. The van der Waals surface area contributed by atoms with Crippen molar-refractivity contribution in [1.82, 2.24) is 14.9 Å². The molecule has 8 heteroatoms. The molecule has 1 amide bonds. The number of nitrogens with zero attached hydrogens (tertiary/aromatic N) is 3. The summed E-state index contributed by atoms with van der Waals surface area (Å²) in [6.07, 6.45) is 3.39. The maximum atomic E-state index is 13.1. The van der Waals surface area contributed by atoms with E-state index in [9.17, 15) is 9.18 Å². The Morgan fingerprint density at radius 3 is 2.80 bits per heavy atom. The number of hydrogen-bond acceptors (Lipinski definition) is 6. The van der Waals surface area contributed by atoms with Crippen LogP contribution in [0.25, 0.3) is 10.6 Å². The minimum absolute atomic E-state index is 0.171. The third kappa shape index (κ3) is 3.36. The van der Waals surface area contributed by atoms with Gasteiger partial charge in [-0.25, -0.2) is 14.4 Å². The van der Waals surface area contributed by atoms with Crippen molar-refractivity contribution in [1.29, 1.82) is 0 Å². The number of carbonyl (C=O) groups excluding carboxylic acids is 1. The van der Waals surface area contributed by atoms with Crippen LogP contribution in [0.1, 0.15) is 33.8 Å². The van der Waals surface area contributed by atoms with Crippen molar-refractivity contribution < 1.29 is 13.9 Å². The number of anilines is 1. The quantitative estimate of drug-likeness (QED) is 0.679. The van der Waals surface area contributed by atoms with Gasteiger partial charge in [0.25, 0.3) is 5.91 Å². The van der Waals surface area contributed by atoms with Gasteiger partial charge in [0.15, 0.2) is 0 Å². The number of fused-ring (bicyclic) bond motifs is 2. The van der Waals surface area contributed by atoms with E-state index in [1.807, 2.05) is 12.1 Å². The van der Waals surface area contributed by atoms with Crippen LogP contribution >= 0.6 is 11.3 Å². The number of halogens is 1. The Morgan fingerprint density at radius 1 is 1.23 bits per heavy atom. The van der Waals surface area contributed by atoms with Gasteiger partial charge in [0, 0.05) is 24.4 Å². The van der Waals surface area contributed by atoms with Gasteiger partial charge in [0.1, 0.15) is 17.3 Å². The van der Waals surface area contributed by atoms with E-state index in [2.05, 4.69) is 16.0 Å². The zero-order valence-corrected chi connectivity index (χ0v) is 17.1. The predicted octanol–water partition coefficient (Wildman–Crippen LogP) is 3.63. The second-order valence-electron chi connectivity index (χ2n) is 7.64. The number of rotatable bonds is 2. The summed E-state index contributed by atoms with van der Waals surface area (Å²) in [6.45, 7) is 1.81. The first-order chi connectivity index (χ1) is 14.5. The average Bonchev–Trinajstić information content (AvgIpc) is 3.21. The summed E-state index contributed by atoms with van der Waals surface area (Å²) in [6, 6.07) is 10.5. The number of likely N-dealkylation sites (tertiary alicyclic amines) is 1. The Kier molecular flexibility index (Phi) is 4.75. The normalized spacial score (nSPS) is 17.7. The Balaban J connectivity index is 1.37. The van der Waals surface area contributed by atoms with Gasteiger partial charge in [-0.3, -0.25) is 4.79 Å². The minimum atomic E-state index is -0.449. The first kappa shape index (κ1) is 19.1. The van der Waals surface area contributed by atoms with Gasteiger partial charge >= 0.3 is 0 Å². The van der Waals surface area contributed by atoms with Crippen molar-refractivity contribution in [2.45, 2.75) is 24.9 Å². The number of nitrogens with two attached hydrogens (primary N) is 1. The Hall–Kier alpha value is -2.84. The smallest absolute Gasteiger partial charge is 0.272 e. The highest BCUT2D eigenvalue weighted by atomic mass is 32.1. The van der Waals surface area contributed by atoms with Gasteiger partial charge < -0.3 is 15.4 Å². The molecule has 154 valence electrons. The van der Waals surface area contributed by atoms with E-state index >= 15 is 0 Å². The molecule has 0 aliphatic carbocycles. The van der Waals surface area contributed by atoms with Gasteiger partial charge in [-0.05, 0) is 48.7 Å². The van der Waals surface area contributed by atoms with Crippen LogP contribution in [0.4, 0.5) is 10.2 Å². The maximum absolute atomic E-state index is 13.1. The molecule has 3 aromatic rings. The molecular weight excluding hydrogens is 403 g/mol. The average molecular weight is 425 g/mol. The van der Waals surface area contributed by atoms with Crippen molar-refractivity contribution in [3.63, 3.8) is 0 Å². The number of hydrogen-bond donors (Lipinski definition) is 1. The molecule has 2 aliphatic rings. The van der Waals surface area contributed by atoms with Crippen LogP contribution in [0.3, 0.4) is 0 Å². The number of ether oxygens (including phenoxy) is 1. The van der Waals surface area contributed by atoms with Gasteiger partial charge in [-0.15, -0.1) is 11.3 Å². The van der Waals surface area contributed by atoms with Crippen LogP contribution in [-0.4, -0.2) is 40.5 Å². The van der Waals surface area contributed by atoms with Crippen molar-refractivity contribution in [2.75, 3.05) is 25.4 Å². The van der Waals surface area contributed by atoms with Crippen molar-refractivity contribution in [2.24, 2.45) is 0 Å². The van der Waals surface area contributed by atoms with Crippen LogP contribution in [-0.2, 0) is 16.8 Å². The first-order valence-corrected chi connectivity index (χ1v) is 10.8. The fraction of sp³-hybridized carbons (Fsp3) is 0.318. The number of amides is 1. The summed E-state index contributed by atoms with van der Waals surface area (Å²) < 4.78 is 19.4. The highest BCUT2D eigenvalue weighted by molar-refractivity contribution is 7.15. The third-order valence-electron chi connectivity index (χ3n) is 5.84. The number of carbonyl (C=O) groups is 1. The number of aromatic nitrogens is 2. The lowest BCUT2D eigenvalue weighted by molar-refractivity contribution is -0.0926. The Bertz CT molecular complexity index is 1090. The lowest BCUT2D eigenvalue weighted by Crippen LogP contribution is -2.48. The van der Waals surface area contributed by atoms with Crippen LogP contribution in [0, 0.1) is 5.82 Å². The van der Waals surface area contributed by atoms with Crippen LogP contribution in [0.15, 0.2) is 42.6 Å². The molecule has 1 saturated heterocycles. The molecule has 0 bridgehead atoms. The predicted molar refractivity (Wildman–Crippen MR) is 113 cm³/mol. The topological polar surface area (TPSA) is 81.3 Å². The molecule has 5 rings (SSSR count). The van der Waals surface area contributed by atoms with Gasteiger partial charge in [0.05, 0.1) is 29.0 Å². The zero-order valence-electron chi connectivity index (χ0n) is 16.3. The molecular formula is C22H21FN4O2S. The third-order valence-corrected chi connectivity index (χ3v) is 7.05. The molecule has 5 heterocycles. The highest BCUT2D eigenvalue weighted by Gasteiger charge is 2.43. The molecule has 3 aromatic heterocycles. The summed E-state index contributed by atoms with van der Waals surface area (Å²) in [7, 11) is 0. The van der Waals surface area contributed by atoms with Crippen molar-refractivity contribution >= 4 is 23.1 Å². The van der Waals surface area contributed by atoms with Crippen molar-refractivity contribution in [3.05, 3.63) is 64.5 Å². The fourth-order valence-corrected chi connectivity index (χ4v) is 5.48. The Labute approximate surface area is 177 Å². The van der Waals surface area contributed by atoms with Crippen LogP contribution in [0.2, 0.25) is 0 Å². The largest absolute Gasteiger partial charge is 0.384 e. The lowest BCUT2D eigenvalue weighted by Gasteiger charge is -2.44.